The summed E-state index contributed by atoms with van der Waals surface area (Å²) >= 11 is 0. The molecular formula is C12H6F3N3. The van der Waals surface area contributed by atoms with Gasteiger partial charge in [-0.2, -0.15) is 18.4 Å². The Balaban J connectivity index is 2.38. The summed E-state index contributed by atoms with van der Waals surface area (Å²) in [5, 5.41) is 8.68. The maximum absolute atomic E-state index is 12.3. The number of aromatic nitrogens is 2. The maximum Gasteiger partial charge on any atom is 0.433 e. The van der Waals surface area contributed by atoms with Crippen molar-refractivity contribution in [3.8, 4) is 17.2 Å². The van der Waals surface area contributed by atoms with Gasteiger partial charge >= 0.3 is 6.18 Å². The summed E-state index contributed by atoms with van der Waals surface area (Å²) in [7, 11) is 0. The molecule has 0 fully saturated rings. The lowest BCUT2D eigenvalue weighted by molar-refractivity contribution is -0.141. The van der Waals surface area contributed by atoms with Gasteiger partial charge < -0.3 is 0 Å². The molecular weight excluding hydrogens is 243 g/mol. The van der Waals surface area contributed by atoms with Gasteiger partial charge in [-0.05, 0) is 23.8 Å². The van der Waals surface area contributed by atoms with E-state index >= 15 is 0 Å². The number of pyridine rings is 2. The highest BCUT2D eigenvalue weighted by Crippen LogP contribution is 2.28. The van der Waals surface area contributed by atoms with Gasteiger partial charge in [-0.1, -0.05) is 6.07 Å². The molecule has 6 heteroatoms. The van der Waals surface area contributed by atoms with E-state index in [-0.39, 0.29) is 5.69 Å². The Hall–Kier alpha value is -2.42. The molecule has 0 aliphatic heterocycles. The van der Waals surface area contributed by atoms with Crippen LogP contribution in [-0.2, 0) is 6.18 Å². The molecule has 0 aliphatic rings. The van der Waals surface area contributed by atoms with Crippen molar-refractivity contribution in [3.05, 3.63) is 48.0 Å². The lowest BCUT2D eigenvalue weighted by atomic mass is 10.1. The van der Waals surface area contributed by atoms with Crippen LogP contribution in [0.15, 0.2) is 36.7 Å². The largest absolute Gasteiger partial charge is 0.433 e. The van der Waals surface area contributed by atoms with Crippen LogP contribution in [0.1, 0.15) is 11.4 Å². The zero-order chi connectivity index (χ0) is 13.2. The molecule has 2 heterocycles. The van der Waals surface area contributed by atoms with Crippen LogP contribution >= 0.6 is 0 Å². The molecule has 0 bridgehead atoms. The van der Waals surface area contributed by atoms with Crippen LogP contribution in [-0.4, -0.2) is 9.97 Å². The van der Waals surface area contributed by atoms with Gasteiger partial charge in [-0.15, -0.1) is 0 Å². The molecule has 90 valence electrons. The Morgan fingerprint density at radius 2 is 1.83 bits per heavy atom. The van der Waals surface area contributed by atoms with E-state index in [0.29, 0.717) is 11.1 Å². The highest BCUT2D eigenvalue weighted by molar-refractivity contribution is 5.63. The van der Waals surface area contributed by atoms with E-state index in [1.807, 2.05) is 6.07 Å². The van der Waals surface area contributed by atoms with E-state index in [2.05, 4.69) is 9.97 Å². The van der Waals surface area contributed by atoms with Crippen LogP contribution in [0.5, 0.6) is 0 Å². The summed E-state index contributed by atoms with van der Waals surface area (Å²) in [5.41, 5.74) is 0.359. The smallest absolute Gasteiger partial charge is 0.251 e. The van der Waals surface area contributed by atoms with Crippen LogP contribution < -0.4 is 0 Å². The van der Waals surface area contributed by atoms with E-state index in [1.54, 1.807) is 6.07 Å². The van der Waals surface area contributed by atoms with Crippen LogP contribution in [0.3, 0.4) is 0 Å². The highest BCUT2D eigenvalue weighted by Gasteiger charge is 2.32. The van der Waals surface area contributed by atoms with Gasteiger partial charge in [0.05, 0.1) is 0 Å². The Morgan fingerprint density at radius 3 is 2.39 bits per heavy atom. The molecule has 0 atom stereocenters. The molecule has 0 unspecified atom stereocenters. The average molecular weight is 249 g/mol. The fourth-order valence-corrected chi connectivity index (χ4v) is 1.40. The van der Waals surface area contributed by atoms with E-state index in [4.69, 9.17) is 5.26 Å². The summed E-state index contributed by atoms with van der Waals surface area (Å²) < 4.78 is 37.0. The predicted molar refractivity (Wildman–Crippen MR) is 57.2 cm³/mol. The van der Waals surface area contributed by atoms with Crippen LogP contribution in [0.4, 0.5) is 13.2 Å². The Bertz CT molecular complexity index is 597. The van der Waals surface area contributed by atoms with Crippen LogP contribution in [0, 0.1) is 11.3 Å². The molecule has 2 aromatic rings. The average Bonchev–Trinajstić information content (AvgIpc) is 2.38. The zero-order valence-electron chi connectivity index (χ0n) is 8.94. The molecule has 18 heavy (non-hydrogen) atoms. The second-order valence-corrected chi connectivity index (χ2v) is 3.47. The van der Waals surface area contributed by atoms with Gasteiger partial charge in [0, 0.05) is 18.0 Å². The Labute approximate surface area is 101 Å². The second-order valence-electron chi connectivity index (χ2n) is 3.47. The summed E-state index contributed by atoms with van der Waals surface area (Å²) in [4.78, 5) is 7.13. The molecule has 0 radical (unpaired) electrons. The molecule has 0 saturated carbocycles. The molecule has 0 aliphatic carbocycles. The SMILES string of the molecule is N#Cc1cc(-c2ccc(C(F)(F)F)nc2)ccn1. The third-order valence-corrected chi connectivity index (χ3v) is 2.26. The quantitative estimate of drug-likeness (QED) is 0.780. The lowest BCUT2D eigenvalue weighted by Crippen LogP contribution is -2.07. The fourth-order valence-electron chi connectivity index (χ4n) is 1.40. The minimum atomic E-state index is -4.45. The number of hydrogen-bond donors (Lipinski definition) is 0. The summed E-state index contributed by atoms with van der Waals surface area (Å²) in [6.45, 7) is 0. The van der Waals surface area contributed by atoms with Gasteiger partial charge in [-0.25, -0.2) is 4.98 Å². The maximum atomic E-state index is 12.3. The second kappa shape index (κ2) is 4.45. The van der Waals surface area contributed by atoms with Crippen molar-refractivity contribution >= 4 is 0 Å². The molecule has 0 amide bonds. The summed E-state index contributed by atoms with van der Waals surface area (Å²) in [6.07, 6.45) is -1.90. The Morgan fingerprint density at radius 1 is 1.06 bits per heavy atom. The van der Waals surface area contributed by atoms with Crippen LogP contribution in [0.2, 0.25) is 0 Å². The van der Waals surface area contributed by atoms with Gasteiger partial charge in [0.15, 0.2) is 0 Å². The molecule has 0 saturated heterocycles. The normalized spacial score (nSPS) is 11.0. The van der Waals surface area contributed by atoms with Gasteiger partial charge in [0.25, 0.3) is 0 Å². The molecule has 3 nitrogen and oxygen atoms in total. The van der Waals surface area contributed by atoms with Crippen molar-refractivity contribution in [3.63, 3.8) is 0 Å². The topological polar surface area (TPSA) is 49.6 Å². The summed E-state index contributed by atoms with van der Waals surface area (Å²) in [6, 6.07) is 7.17. The van der Waals surface area contributed by atoms with E-state index in [9.17, 15) is 13.2 Å². The number of nitrogens with zero attached hydrogens (tertiary/aromatic N) is 3. The first kappa shape index (κ1) is 12.0. The highest BCUT2D eigenvalue weighted by atomic mass is 19.4. The zero-order valence-corrected chi connectivity index (χ0v) is 8.94. The molecule has 0 N–H and O–H groups in total. The number of halogens is 3. The number of rotatable bonds is 1. The standard InChI is InChI=1S/C12H6F3N3/c13-12(14,15)11-2-1-9(7-18-11)8-3-4-17-10(5-8)6-16/h1-5,7H. The molecule has 0 spiro atoms. The van der Waals surface area contributed by atoms with Crippen molar-refractivity contribution in [2.75, 3.05) is 0 Å². The fraction of sp³-hybridized carbons (Fsp3) is 0.0833. The lowest BCUT2D eigenvalue weighted by Gasteiger charge is -2.06. The van der Waals surface area contributed by atoms with Crippen molar-refractivity contribution in [2.45, 2.75) is 6.18 Å². The van der Waals surface area contributed by atoms with Gasteiger partial charge in [-0.3, -0.25) is 4.98 Å². The van der Waals surface area contributed by atoms with Crippen molar-refractivity contribution in [1.82, 2.24) is 9.97 Å². The molecule has 0 aromatic carbocycles. The minimum Gasteiger partial charge on any atom is -0.251 e. The third kappa shape index (κ3) is 2.46. The Kier molecular flexibility index (Phi) is 2.98. The van der Waals surface area contributed by atoms with Crippen molar-refractivity contribution in [1.29, 1.82) is 5.26 Å². The van der Waals surface area contributed by atoms with Gasteiger partial charge in [0.2, 0.25) is 0 Å². The third-order valence-electron chi connectivity index (χ3n) is 2.26. The molecule has 2 aromatic heterocycles. The predicted octanol–water partition coefficient (Wildman–Crippen LogP) is 3.03. The van der Waals surface area contributed by atoms with Crippen molar-refractivity contribution in [2.24, 2.45) is 0 Å². The monoisotopic (exact) mass is 249 g/mol. The number of nitriles is 1. The first-order valence-corrected chi connectivity index (χ1v) is 4.90. The van der Waals surface area contributed by atoms with Gasteiger partial charge in [0.1, 0.15) is 17.5 Å². The van der Waals surface area contributed by atoms with Crippen LogP contribution in [0.25, 0.3) is 11.1 Å². The number of alkyl halides is 3. The molecule has 2 rings (SSSR count). The van der Waals surface area contributed by atoms with E-state index in [0.717, 1.165) is 12.3 Å². The summed E-state index contributed by atoms with van der Waals surface area (Å²) in [5.74, 6) is 0. The minimum absolute atomic E-state index is 0.201. The van der Waals surface area contributed by atoms with Crippen molar-refractivity contribution < 1.29 is 13.2 Å². The number of hydrogen-bond acceptors (Lipinski definition) is 3. The van der Waals surface area contributed by atoms with E-state index < -0.39 is 11.9 Å². The van der Waals surface area contributed by atoms with E-state index in [1.165, 1.54) is 18.3 Å². The first-order valence-electron chi connectivity index (χ1n) is 4.90. The first-order chi connectivity index (χ1) is 8.50.